The second kappa shape index (κ2) is 3.83. The van der Waals surface area contributed by atoms with E-state index >= 15 is 0 Å². The number of hydrogen-bond acceptors (Lipinski definition) is 2. The van der Waals surface area contributed by atoms with Gasteiger partial charge < -0.3 is 11.5 Å². The van der Waals surface area contributed by atoms with Gasteiger partial charge in [0.05, 0.1) is 11.4 Å². The fraction of sp³-hybridized carbons (Fsp3) is 0. The van der Waals surface area contributed by atoms with Crippen molar-refractivity contribution in [2.45, 2.75) is 0 Å². The van der Waals surface area contributed by atoms with Gasteiger partial charge in [-0.15, -0.1) is 0 Å². The number of nitrogens with two attached hydrogens (primary N) is 2. The predicted octanol–water partition coefficient (Wildman–Crippen LogP) is 3.17. The fourth-order valence-electron chi connectivity index (χ4n) is 1.40. The minimum Gasteiger partial charge on any atom is -0.397 e. The average Bonchev–Trinajstić information content (AvgIpc) is 2.23. The maximum atomic E-state index is 5.81. The van der Waals surface area contributed by atoms with Gasteiger partial charge in [0.1, 0.15) is 0 Å². The van der Waals surface area contributed by atoms with Crippen LogP contribution in [0.3, 0.4) is 0 Å². The van der Waals surface area contributed by atoms with Gasteiger partial charge in [0.25, 0.3) is 0 Å². The molecule has 4 N–H and O–H groups in total. The van der Waals surface area contributed by atoms with Gasteiger partial charge in [0.2, 0.25) is 0 Å². The highest BCUT2D eigenvalue weighted by Gasteiger charge is 2.00. The average molecular weight is 219 g/mol. The Kier molecular flexibility index (Phi) is 2.52. The molecule has 2 rings (SSSR count). The number of hydrogen-bond donors (Lipinski definition) is 2. The lowest BCUT2D eigenvalue weighted by atomic mass is 10.0. The molecule has 0 amide bonds. The molecule has 0 spiro atoms. The van der Waals surface area contributed by atoms with E-state index in [0.29, 0.717) is 11.4 Å². The summed E-state index contributed by atoms with van der Waals surface area (Å²) >= 11 is 5.81. The van der Waals surface area contributed by atoms with E-state index in [-0.39, 0.29) is 0 Å². The first-order valence-electron chi connectivity index (χ1n) is 4.58. The molecule has 2 nitrogen and oxygen atoms in total. The van der Waals surface area contributed by atoms with Crippen LogP contribution >= 0.6 is 11.6 Å². The fourth-order valence-corrected chi connectivity index (χ4v) is 1.52. The normalized spacial score (nSPS) is 10.2. The summed E-state index contributed by atoms with van der Waals surface area (Å²) in [6.45, 7) is 0. The largest absolute Gasteiger partial charge is 0.397 e. The number of rotatable bonds is 1. The molecule has 15 heavy (non-hydrogen) atoms. The minimum atomic E-state index is 0.599. The molecule has 0 aliphatic carbocycles. The Labute approximate surface area is 93.5 Å². The van der Waals surface area contributed by atoms with Crippen LogP contribution in [0.25, 0.3) is 11.1 Å². The standard InChI is InChI=1S/C12H11ClN2/c13-10-4-1-8(2-5-10)9-3-6-11(14)12(15)7-9/h1-7H,14-15H2. The maximum Gasteiger partial charge on any atom is 0.0554 e. The molecule has 0 aromatic heterocycles. The lowest BCUT2D eigenvalue weighted by Crippen LogP contribution is -1.94. The second-order valence-corrected chi connectivity index (χ2v) is 3.79. The molecule has 0 unspecified atom stereocenters. The van der Waals surface area contributed by atoms with E-state index < -0.39 is 0 Å². The zero-order valence-corrected chi connectivity index (χ0v) is 8.83. The van der Waals surface area contributed by atoms with Crippen LogP contribution in [0.2, 0.25) is 5.02 Å². The van der Waals surface area contributed by atoms with Crippen molar-refractivity contribution < 1.29 is 0 Å². The Balaban J connectivity index is 2.45. The third-order valence-electron chi connectivity index (χ3n) is 2.26. The number of nitrogen functional groups attached to an aromatic ring is 2. The Morgan fingerprint density at radius 2 is 1.33 bits per heavy atom. The third kappa shape index (κ3) is 2.05. The number of halogens is 1. The van der Waals surface area contributed by atoms with Gasteiger partial charge in [-0.05, 0) is 35.4 Å². The van der Waals surface area contributed by atoms with Crippen LogP contribution in [0.5, 0.6) is 0 Å². The number of anilines is 2. The molecular weight excluding hydrogens is 208 g/mol. The van der Waals surface area contributed by atoms with Crippen LogP contribution in [-0.4, -0.2) is 0 Å². The summed E-state index contributed by atoms with van der Waals surface area (Å²) in [5, 5.41) is 0.724. The van der Waals surface area contributed by atoms with Gasteiger partial charge in [0.15, 0.2) is 0 Å². The molecule has 0 radical (unpaired) electrons. The molecule has 2 aromatic carbocycles. The smallest absolute Gasteiger partial charge is 0.0554 e. The van der Waals surface area contributed by atoms with Gasteiger partial charge >= 0.3 is 0 Å². The van der Waals surface area contributed by atoms with Crippen LogP contribution in [0.4, 0.5) is 11.4 Å². The molecule has 76 valence electrons. The van der Waals surface area contributed by atoms with E-state index in [1.54, 1.807) is 6.07 Å². The lowest BCUT2D eigenvalue weighted by molar-refractivity contribution is 1.60. The third-order valence-corrected chi connectivity index (χ3v) is 2.52. The van der Waals surface area contributed by atoms with E-state index in [1.807, 2.05) is 36.4 Å². The topological polar surface area (TPSA) is 52.0 Å². The van der Waals surface area contributed by atoms with Crippen LogP contribution in [0.1, 0.15) is 0 Å². The van der Waals surface area contributed by atoms with Crippen molar-refractivity contribution in [3.63, 3.8) is 0 Å². The maximum absolute atomic E-state index is 5.81. The molecule has 0 heterocycles. The first-order chi connectivity index (χ1) is 7.16. The molecule has 2 aromatic rings. The lowest BCUT2D eigenvalue weighted by Gasteiger charge is -2.05. The molecule has 0 atom stereocenters. The quantitative estimate of drug-likeness (QED) is 0.723. The van der Waals surface area contributed by atoms with E-state index in [1.165, 1.54) is 0 Å². The van der Waals surface area contributed by atoms with Crippen LogP contribution in [-0.2, 0) is 0 Å². The van der Waals surface area contributed by atoms with Crippen molar-refractivity contribution in [1.29, 1.82) is 0 Å². The zero-order valence-electron chi connectivity index (χ0n) is 8.07. The van der Waals surface area contributed by atoms with Crippen molar-refractivity contribution in [3.05, 3.63) is 47.5 Å². The molecule has 3 heteroatoms. The first-order valence-corrected chi connectivity index (χ1v) is 4.95. The van der Waals surface area contributed by atoms with Crippen LogP contribution in [0, 0.1) is 0 Å². The van der Waals surface area contributed by atoms with Crippen LogP contribution in [0.15, 0.2) is 42.5 Å². The van der Waals surface area contributed by atoms with E-state index in [0.717, 1.165) is 16.1 Å². The SMILES string of the molecule is Nc1ccc(-c2ccc(Cl)cc2)cc1N. The van der Waals surface area contributed by atoms with Gasteiger partial charge in [-0.25, -0.2) is 0 Å². The Hall–Kier alpha value is -1.67. The summed E-state index contributed by atoms with van der Waals surface area (Å²) < 4.78 is 0. The Morgan fingerprint density at radius 1 is 0.733 bits per heavy atom. The molecular formula is C12H11ClN2. The van der Waals surface area contributed by atoms with E-state index in [4.69, 9.17) is 23.1 Å². The van der Waals surface area contributed by atoms with Gasteiger partial charge in [-0.3, -0.25) is 0 Å². The summed E-state index contributed by atoms with van der Waals surface area (Å²) in [5.41, 5.74) is 14.7. The monoisotopic (exact) mass is 218 g/mol. The van der Waals surface area contributed by atoms with E-state index in [2.05, 4.69) is 0 Å². The highest BCUT2D eigenvalue weighted by Crippen LogP contribution is 2.26. The van der Waals surface area contributed by atoms with Gasteiger partial charge in [0, 0.05) is 5.02 Å². The zero-order chi connectivity index (χ0) is 10.8. The molecule has 0 fully saturated rings. The van der Waals surface area contributed by atoms with E-state index in [9.17, 15) is 0 Å². The second-order valence-electron chi connectivity index (χ2n) is 3.35. The summed E-state index contributed by atoms with van der Waals surface area (Å²) in [5.74, 6) is 0. The molecule has 0 saturated heterocycles. The Morgan fingerprint density at radius 3 is 1.93 bits per heavy atom. The molecule has 0 saturated carbocycles. The van der Waals surface area contributed by atoms with Crippen molar-refractivity contribution in [2.75, 3.05) is 11.5 Å². The van der Waals surface area contributed by atoms with Crippen molar-refractivity contribution >= 4 is 23.0 Å². The highest BCUT2D eigenvalue weighted by molar-refractivity contribution is 6.30. The summed E-state index contributed by atoms with van der Waals surface area (Å²) in [6, 6.07) is 13.2. The molecule has 0 aliphatic rings. The van der Waals surface area contributed by atoms with Crippen LogP contribution < -0.4 is 11.5 Å². The van der Waals surface area contributed by atoms with Crippen molar-refractivity contribution in [2.24, 2.45) is 0 Å². The predicted molar refractivity (Wildman–Crippen MR) is 65.7 cm³/mol. The van der Waals surface area contributed by atoms with Gasteiger partial charge in [-0.2, -0.15) is 0 Å². The first kappa shape index (κ1) is 9.87. The minimum absolute atomic E-state index is 0.599. The summed E-state index contributed by atoms with van der Waals surface area (Å²) in [6.07, 6.45) is 0. The molecule has 0 aliphatic heterocycles. The summed E-state index contributed by atoms with van der Waals surface area (Å²) in [7, 11) is 0. The highest BCUT2D eigenvalue weighted by atomic mass is 35.5. The number of benzene rings is 2. The Bertz CT molecular complexity index is 477. The molecule has 0 bridgehead atoms. The van der Waals surface area contributed by atoms with Crippen molar-refractivity contribution in [1.82, 2.24) is 0 Å². The van der Waals surface area contributed by atoms with Gasteiger partial charge in [-0.1, -0.05) is 29.8 Å². The summed E-state index contributed by atoms with van der Waals surface area (Å²) in [4.78, 5) is 0. The van der Waals surface area contributed by atoms with Crippen molar-refractivity contribution in [3.8, 4) is 11.1 Å².